The minimum Gasteiger partial charge on any atom is -0.352 e. The first-order valence-electron chi connectivity index (χ1n) is 9.04. The van der Waals surface area contributed by atoms with Crippen LogP contribution in [0.25, 0.3) is 0 Å². The average Bonchev–Trinajstić information content (AvgIpc) is 3.07. The largest absolute Gasteiger partial charge is 0.352 e. The summed E-state index contributed by atoms with van der Waals surface area (Å²) in [7, 11) is 0. The molecule has 0 spiro atoms. The van der Waals surface area contributed by atoms with Crippen LogP contribution in [0.3, 0.4) is 0 Å². The Hall–Kier alpha value is -1.88. The highest BCUT2D eigenvalue weighted by Gasteiger charge is 2.27. The minimum absolute atomic E-state index is 0.0719. The third-order valence-electron chi connectivity index (χ3n) is 4.98. The Labute approximate surface area is 143 Å². The topological polar surface area (TPSA) is 61.4 Å². The maximum Gasteiger partial charge on any atom is 0.225 e. The maximum absolute atomic E-state index is 12.5. The molecule has 2 aliphatic heterocycles. The fourth-order valence-electron chi connectivity index (χ4n) is 3.58. The maximum atomic E-state index is 12.5. The first kappa shape index (κ1) is 17.0. The molecule has 5 heteroatoms. The van der Waals surface area contributed by atoms with E-state index in [0.717, 1.165) is 44.5 Å². The van der Waals surface area contributed by atoms with Crippen molar-refractivity contribution in [3.05, 3.63) is 34.9 Å². The molecule has 130 valence electrons. The van der Waals surface area contributed by atoms with Crippen LogP contribution in [-0.2, 0) is 29.2 Å². The standard InChI is InChI=1S/C19H27N3O2/c1-2-4-18(23)22-8-3-5-16(13-22)19(24)21-10-14-6-7-15-11-20-12-17(15)9-14/h6-7,9,16,20H,2-5,8,10-13H2,1H3,(H,21,24). The summed E-state index contributed by atoms with van der Waals surface area (Å²) in [6, 6.07) is 6.40. The zero-order valence-electron chi connectivity index (χ0n) is 14.4. The van der Waals surface area contributed by atoms with E-state index in [-0.39, 0.29) is 17.7 Å². The van der Waals surface area contributed by atoms with Gasteiger partial charge >= 0.3 is 0 Å². The van der Waals surface area contributed by atoms with Gasteiger partial charge in [0.25, 0.3) is 0 Å². The number of fused-ring (bicyclic) bond motifs is 1. The van der Waals surface area contributed by atoms with E-state index in [1.54, 1.807) is 0 Å². The van der Waals surface area contributed by atoms with Crippen molar-refractivity contribution in [2.75, 3.05) is 13.1 Å². The van der Waals surface area contributed by atoms with Crippen LogP contribution in [0.2, 0.25) is 0 Å². The first-order valence-corrected chi connectivity index (χ1v) is 9.04. The van der Waals surface area contributed by atoms with E-state index in [9.17, 15) is 9.59 Å². The van der Waals surface area contributed by atoms with Crippen molar-refractivity contribution in [2.45, 2.75) is 52.2 Å². The van der Waals surface area contributed by atoms with Gasteiger partial charge in [0.1, 0.15) is 0 Å². The Balaban J connectivity index is 1.52. The third-order valence-corrected chi connectivity index (χ3v) is 4.98. The van der Waals surface area contributed by atoms with Crippen molar-refractivity contribution in [3.63, 3.8) is 0 Å². The second-order valence-electron chi connectivity index (χ2n) is 6.85. The fraction of sp³-hybridized carbons (Fsp3) is 0.579. The van der Waals surface area contributed by atoms with Crippen molar-refractivity contribution in [3.8, 4) is 0 Å². The lowest BCUT2D eigenvalue weighted by Gasteiger charge is -2.32. The molecule has 0 bridgehead atoms. The number of nitrogens with zero attached hydrogens (tertiary/aromatic N) is 1. The van der Waals surface area contributed by atoms with Crippen LogP contribution in [0.4, 0.5) is 0 Å². The molecule has 2 heterocycles. The number of likely N-dealkylation sites (tertiary alicyclic amines) is 1. The molecule has 1 atom stereocenters. The quantitative estimate of drug-likeness (QED) is 0.868. The second-order valence-corrected chi connectivity index (χ2v) is 6.85. The van der Waals surface area contributed by atoms with Gasteiger partial charge in [0.15, 0.2) is 0 Å². The molecule has 0 aromatic heterocycles. The number of carbonyl (C=O) groups excluding carboxylic acids is 2. The van der Waals surface area contributed by atoms with Crippen LogP contribution in [0.15, 0.2) is 18.2 Å². The number of benzene rings is 1. The van der Waals surface area contributed by atoms with E-state index in [1.807, 2.05) is 11.8 Å². The van der Waals surface area contributed by atoms with Gasteiger partial charge in [-0.15, -0.1) is 0 Å². The molecule has 2 aliphatic rings. The number of hydrogen-bond donors (Lipinski definition) is 2. The van der Waals surface area contributed by atoms with E-state index in [1.165, 1.54) is 11.1 Å². The molecule has 0 radical (unpaired) electrons. The van der Waals surface area contributed by atoms with Crippen LogP contribution in [0.1, 0.15) is 49.3 Å². The average molecular weight is 329 g/mol. The Morgan fingerprint density at radius 3 is 2.96 bits per heavy atom. The lowest BCUT2D eigenvalue weighted by molar-refractivity contribution is -0.135. The van der Waals surface area contributed by atoms with Gasteiger partial charge < -0.3 is 15.5 Å². The Morgan fingerprint density at radius 1 is 1.29 bits per heavy atom. The summed E-state index contributed by atoms with van der Waals surface area (Å²) in [5, 5.41) is 6.39. The van der Waals surface area contributed by atoms with E-state index < -0.39 is 0 Å². The van der Waals surface area contributed by atoms with Gasteiger partial charge in [0.2, 0.25) is 11.8 Å². The number of carbonyl (C=O) groups is 2. The molecule has 1 aromatic carbocycles. The van der Waals surface area contributed by atoms with Crippen molar-refractivity contribution >= 4 is 11.8 Å². The number of amides is 2. The number of rotatable bonds is 5. The van der Waals surface area contributed by atoms with Gasteiger partial charge in [-0.05, 0) is 36.0 Å². The Morgan fingerprint density at radius 2 is 2.12 bits per heavy atom. The van der Waals surface area contributed by atoms with Crippen LogP contribution in [0, 0.1) is 5.92 Å². The van der Waals surface area contributed by atoms with Gasteiger partial charge in [-0.25, -0.2) is 0 Å². The highest BCUT2D eigenvalue weighted by molar-refractivity contribution is 5.81. The molecule has 1 saturated heterocycles. The molecular weight excluding hydrogens is 302 g/mol. The molecule has 2 amide bonds. The van der Waals surface area contributed by atoms with Crippen LogP contribution in [-0.4, -0.2) is 29.8 Å². The van der Waals surface area contributed by atoms with E-state index in [4.69, 9.17) is 0 Å². The zero-order chi connectivity index (χ0) is 16.9. The molecule has 2 N–H and O–H groups in total. The summed E-state index contributed by atoms with van der Waals surface area (Å²) in [6.07, 6.45) is 3.23. The summed E-state index contributed by atoms with van der Waals surface area (Å²) >= 11 is 0. The smallest absolute Gasteiger partial charge is 0.225 e. The Bertz CT molecular complexity index is 615. The van der Waals surface area contributed by atoms with Crippen LogP contribution in [0.5, 0.6) is 0 Å². The van der Waals surface area contributed by atoms with Crippen molar-refractivity contribution in [1.29, 1.82) is 0 Å². The third kappa shape index (κ3) is 3.96. The summed E-state index contributed by atoms with van der Waals surface area (Å²) < 4.78 is 0. The SMILES string of the molecule is CCCC(=O)N1CCCC(C(=O)NCc2ccc3c(c2)CNC3)C1. The predicted octanol–water partition coefficient (Wildman–Crippen LogP) is 1.94. The lowest BCUT2D eigenvalue weighted by Crippen LogP contribution is -2.45. The fourth-order valence-corrected chi connectivity index (χ4v) is 3.58. The van der Waals surface area contributed by atoms with Gasteiger partial charge in [-0.3, -0.25) is 9.59 Å². The monoisotopic (exact) mass is 329 g/mol. The number of piperidine rings is 1. The van der Waals surface area contributed by atoms with E-state index >= 15 is 0 Å². The molecule has 1 aromatic rings. The van der Waals surface area contributed by atoms with Crippen LogP contribution >= 0.6 is 0 Å². The molecule has 0 saturated carbocycles. The van der Waals surface area contributed by atoms with E-state index in [0.29, 0.717) is 19.5 Å². The molecular formula is C19H27N3O2. The molecule has 0 aliphatic carbocycles. The molecule has 24 heavy (non-hydrogen) atoms. The zero-order valence-corrected chi connectivity index (χ0v) is 14.4. The van der Waals surface area contributed by atoms with Gasteiger partial charge in [-0.2, -0.15) is 0 Å². The predicted molar refractivity (Wildman–Crippen MR) is 93.0 cm³/mol. The second kappa shape index (κ2) is 7.79. The molecule has 3 rings (SSSR count). The van der Waals surface area contributed by atoms with Gasteiger partial charge in [0, 0.05) is 39.1 Å². The summed E-state index contributed by atoms with van der Waals surface area (Å²) in [5.74, 6) is 0.180. The minimum atomic E-state index is -0.0735. The highest BCUT2D eigenvalue weighted by Crippen LogP contribution is 2.19. The van der Waals surface area contributed by atoms with Gasteiger partial charge in [-0.1, -0.05) is 25.1 Å². The normalized spacial score (nSPS) is 19.9. The number of hydrogen-bond acceptors (Lipinski definition) is 3. The lowest BCUT2D eigenvalue weighted by atomic mass is 9.96. The van der Waals surface area contributed by atoms with E-state index in [2.05, 4.69) is 28.8 Å². The van der Waals surface area contributed by atoms with Crippen molar-refractivity contribution in [1.82, 2.24) is 15.5 Å². The summed E-state index contributed by atoms with van der Waals surface area (Å²) in [4.78, 5) is 26.4. The number of nitrogens with one attached hydrogen (secondary N) is 2. The summed E-state index contributed by atoms with van der Waals surface area (Å²) in [6.45, 7) is 5.78. The summed E-state index contributed by atoms with van der Waals surface area (Å²) in [5.41, 5.74) is 3.82. The first-order chi connectivity index (χ1) is 11.7. The van der Waals surface area contributed by atoms with Crippen LogP contribution < -0.4 is 10.6 Å². The Kier molecular flexibility index (Phi) is 5.51. The molecule has 1 unspecified atom stereocenters. The highest BCUT2D eigenvalue weighted by atomic mass is 16.2. The van der Waals surface area contributed by atoms with Crippen molar-refractivity contribution in [2.24, 2.45) is 5.92 Å². The molecule has 1 fully saturated rings. The van der Waals surface area contributed by atoms with Crippen molar-refractivity contribution < 1.29 is 9.59 Å². The molecule has 5 nitrogen and oxygen atoms in total. The van der Waals surface area contributed by atoms with Gasteiger partial charge in [0.05, 0.1) is 5.92 Å².